The van der Waals surface area contributed by atoms with Crippen molar-refractivity contribution in [1.29, 1.82) is 0 Å². The van der Waals surface area contributed by atoms with E-state index in [0.29, 0.717) is 0 Å². The number of benzene rings is 1. The van der Waals surface area contributed by atoms with E-state index in [0.717, 1.165) is 18.4 Å². The summed E-state index contributed by atoms with van der Waals surface area (Å²) in [6.07, 6.45) is 5.48. The van der Waals surface area contributed by atoms with E-state index in [1.807, 2.05) is 12.1 Å². The molecule has 1 atom stereocenters. The molecular weight excluding hydrogens is 236 g/mol. The first-order valence-corrected chi connectivity index (χ1v) is 6.82. The van der Waals surface area contributed by atoms with Gasteiger partial charge in [-0.2, -0.15) is 0 Å². The van der Waals surface area contributed by atoms with E-state index in [9.17, 15) is 0 Å². The van der Waals surface area contributed by atoms with Crippen LogP contribution >= 0.6 is 0 Å². The average Bonchev–Trinajstić information content (AvgIpc) is 2.99. The van der Waals surface area contributed by atoms with Crippen molar-refractivity contribution in [2.24, 2.45) is 5.84 Å². The summed E-state index contributed by atoms with van der Waals surface area (Å²) in [5.74, 6) is 5.85. The van der Waals surface area contributed by atoms with Gasteiger partial charge in [-0.05, 0) is 24.5 Å². The third kappa shape index (κ3) is 2.44. The molecule has 19 heavy (non-hydrogen) atoms. The fourth-order valence-corrected chi connectivity index (χ4v) is 3.02. The molecule has 0 saturated heterocycles. The van der Waals surface area contributed by atoms with Crippen molar-refractivity contribution in [2.75, 3.05) is 0 Å². The van der Waals surface area contributed by atoms with Crippen molar-refractivity contribution in [2.45, 2.75) is 38.1 Å². The number of nitrogens with one attached hydrogen (secondary N) is 1. The maximum absolute atomic E-state index is 5.85. The molecule has 0 aliphatic heterocycles. The van der Waals surface area contributed by atoms with Gasteiger partial charge in [0, 0.05) is 11.0 Å². The Labute approximate surface area is 114 Å². The Kier molecular flexibility index (Phi) is 4.40. The van der Waals surface area contributed by atoms with Gasteiger partial charge in [-0.25, -0.2) is 0 Å². The number of furan rings is 1. The molecule has 1 unspecified atom stereocenters. The van der Waals surface area contributed by atoms with Gasteiger partial charge in [0.2, 0.25) is 0 Å². The molecule has 0 aliphatic rings. The standard InChI is InChI=1S/C16H22N2O/c1-3-16(4-2,14-8-6-5-7-9-14)15(18-17)13-10-11-19-12-13/h5-12,15,18H,3-4,17H2,1-2H3. The third-order valence-corrected chi connectivity index (χ3v) is 4.21. The minimum Gasteiger partial charge on any atom is -0.472 e. The Balaban J connectivity index is 2.49. The maximum Gasteiger partial charge on any atom is 0.0951 e. The van der Waals surface area contributed by atoms with E-state index in [2.05, 4.69) is 43.5 Å². The Hall–Kier alpha value is -1.58. The fourth-order valence-electron chi connectivity index (χ4n) is 3.02. The van der Waals surface area contributed by atoms with Crippen molar-refractivity contribution >= 4 is 0 Å². The molecule has 3 heteroatoms. The Bertz CT molecular complexity index is 475. The van der Waals surface area contributed by atoms with Crippen molar-refractivity contribution < 1.29 is 4.42 Å². The minimum atomic E-state index is -0.0279. The lowest BCUT2D eigenvalue weighted by Gasteiger charge is -2.39. The van der Waals surface area contributed by atoms with Crippen LogP contribution in [0.4, 0.5) is 0 Å². The summed E-state index contributed by atoms with van der Waals surface area (Å²) >= 11 is 0. The number of nitrogens with two attached hydrogens (primary N) is 1. The Morgan fingerprint density at radius 2 is 1.84 bits per heavy atom. The first kappa shape index (κ1) is 13.8. The molecule has 3 nitrogen and oxygen atoms in total. The summed E-state index contributed by atoms with van der Waals surface area (Å²) in [7, 11) is 0. The van der Waals surface area contributed by atoms with E-state index in [1.165, 1.54) is 5.56 Å². The monoisotopic (exact) mass is 258 g/mol. The highest BCUT2D eigenvalue weighted by molar-refractivity contribution is 5.31. The number of hydrogen-bond acceptors (Lipinski definition) is 3. The summed E-state index contributed by atoms with van der Waals surface area (Å²) in [6.45, 7) is 4.42. The van der Waals surface area contributed by atoms with E-state index in [1.54, 1.807) is 12.5 Å². The van der Waals surface area contributed by atoms with Crippen LogP contribution in [0.5, 0.6) is 0 Å². The number of rotatable bonds is 6. The fraction of sp³-hybridized carbons (Fsp3) is 0.375. The van der Waals surface area contributed by atoms with Crippen molar-refractivity contribution in [3.8, 4) is 0 Å². The lowest BCUT2D eigenvalue weighted by atomic mass is 9.68. The molecule has 0 aliphatic carbocycles. The number of hydrazine groups is 1. The van der Waals surface area contributed by atoms with E-state index in [4.69, 9.17) is 10.3 Å². The summed E-state index contributed by atoms with van der Waals surface area (Å²) in [6, 6.07) is 12.6. The zero-order valence-electron chi connectivity index (χ0n) is 11.6. The van der Waals surface area contributed by atoms with Gasteiger partial charge in [-0.1, -0.05) is 44.2 Å². The Morgan fingerprint density at radius 3 is 2.32 bits per heavy atom. The van der Waals surface area contributed by atoms with Crippen LogP contribution in [-0.4, -0.2) is 0 Å². The second-order valence-corrected chi connectivity index (χ2v) is 4.89. The maximum atomic E-state index is 5.85. The predicted octanol–water partition coefficient (Wildman–Crippen LogP) is 3.54. The van der Waals surface area contributed by atoms with E-state index in [-0.39, 0.29) is 11.5 Å². The molecule has 0 amide bonds. The van der Waals surface area contributed by atoms with Gasteiger partial charge in [0.25, 0.3) is 0 Å². The molecule has 102 valence electrons. The average molecular weight is 258 g/mol. The molecule has 0 spiro atoms. The van der Waals surface area contributed by atoms with E-state index < -0.39 is 0 Å². The predicted molar refractivity (Wildman–Crippen MR) is 77.5 cm³/mol. The Morgan fingerprint density at radius 1 is 1.16 bits per heavy atom. The second kappa shape index (κ2) is 6.04. The molecule has 2 aromatic rings. The topological polar surface area (TPSA) is 51.2 Å². The van der Waals surface area contributed by atoms with Crippen LogP contribution < -0.4 is 11.3 Å². The summed E-state index contributed by atoms with van der Waals surface area (Å²) in [4.78, 5) is 0. The van der Waals surface area contributed by atoms with Crippen LogP contribution in [-0.2, 0) is 5.41 Å². The molecular formula is C16H22N2O. The smallest absolute Gasteiger partial charge is 0.0951 e. The highest BCUT2D eigenvalue weighted by Gasteiger charge is 2.38. The minimum absolute atomic E-state index is 0.0279. The lowest BCUT2D eigenvalue weighted by molar-refractivity contribution is 0.275. The van der Waals surface area contributed by atoms with Gasteiger partial charge in [0.05, 0.1) is 18.6 Å². The van der Waals surface area contributed by atoms with Gasteiger partial charge in [0.1, 0.15) is 0 Å². The summed E-state index contributed by atoms with van der Waals surface area (Å²) < 4.78 is 5.22. The molecule has 0 saturated carbocycles. The van der Waals surface area contributed by atoms with Crippen LogP contribution in [0.3, 0.4) is 0 Å². The normalized spacial score (nSPS) is 13.4. The van der Waals surface area contributed by atoms with Gasteiger partial charge < -0.3 is 4.42 Å². The van der Waals surface area contributed by atoms with Gasteiger partial charge in [-0.15, -0.1) is 0 Å². The summed E-state index contributed by atoms with van der Waals surface area (Å²) in [5.41, 5.74) is 5.36. The molecule has 3 N–H and O–H groups in total. The van der Waals surface area contributed by atoms with Gasteiger partial charge in [-0.3, -0.25) is 11.3 Å². The van der Waals surface area contributed by atoms with Gasteiger partial charge >= 0.3 is 0 Å². The molecule has 1 heterocycles. The molecule has 2 rings (SSSR count). The zero-order chi connectivity index (χ0) is 13.7. The molecule has 0 bridgehead atoms. The van der Waals surface area contributed by atoms with Crippen molar-refractivity contribution in [1.82, 2.24) is 5.43 Å². The quantitative estimate of drug-likeness (QED) is 0.615. The van der Waals surface area contributed by atoms with Crippen LogP contribution in [0.1, 0.15) is 43.9 Å². The van der Waals surface area contributed by atoms with Crippen LogP contribution in [0.2, 0.25) is 0 Å². The SMILES string of the molecule is CCC(CC)(c1ccccc1)C(NN)c1ccoc1. The third-order valence-electron chi connectivity index (χ3n) is 4.21. The van der Waals surface area contributed by atoms with Crippen LogP contribution in [0.25, 0.3) is 0 Å². The first-order valence-electron chi connectivity index (χ1n) is 6.82. The molecule has 0 radical (unpaired) electrons. The first-order chi connectivity index (χ1) is 9.28. The molecule has 1 aromatic heterocycles. The summed E-state index contributed by atoms with van der Waals surface area (Å²) in [5, 5.41) is 0. The zero-order valence-corrected chi connectivity index (χ0v) is 11.6. The highest BCUT2D eigenvalue weighted by atomic mass is 16.3. The van der Waals surface area contributed by atoms with Crippen molar-refractivity contribution in [3.63, 3.8) is 0 Å². The number of hydrogen-bond donors (Lipinski definition) is 2. The van der Waals surface area contributed by atoms with E-state index >= 15 is 0 Å². The molecule has 1 aromatic carbocycles. The van der Waals surface area contributed by atoms with Gasteiger partial charge in [0.15, 0.2) is 0 Å². The lowest BCUT2D eigenvalue weighted by Crippen LogP contribution is -2.44. The van der Waals surface area contributed by atoms with Crippen molar-refractivity contribution in [3.05, 3.63) is 60.1 Å². The molecule has 0 fully saturated rings. The second-order valence-electron chi connectivity index (χ2n) is 4.89. The van der Waals surface area contributed by atoms with Crippen LogP contribution in [0, 0.1) is 0 Å². The van der Waals surface area contributed by atoms with Crippen LogP contribution in [0.15, 0.2) is 53.3 Å². The largest absolute Gasteiger partial charge is 0.472 e. The highest BCUT2D eigenvalue weighted by Crippen LogP contribution is 2.42.